The lowest BCUT2D eigenvalue weighted by Crippen LogP contribution is -2.41. The van der Waals surface area contributed by atoms with Crippen LogP contribution in [0.4, 0.5) is 5.69 Å². The molecule has 126 valence electrons. The topological polar surface area (TPSA) is 55.2 Å². The van der Waals surface area contributed by atoms with Gasteiger partial charge in [0.05, 0.1) is 16.8 Å². The summed E-state index contributed by atoms with van der Waals surface area (Å²) in [6.07, 6.45) is 3.89. The lowest BCUT2D eigenvalue weighted by Gasteiger charge is -2.33. The van der Waals surface area contributed by atoms with Crippen LogP contribution >= 0.6 is 0 Å². The Morgan fingerprint density at radius 2 is 2.04 bits per heavy atom. The molecule has 1 aliphatic heterocycles. The van der Waals surface area contributed by atoms with Crippen LogP contribution in [0.15, 0.2) is 30.5 Å². The van der Waals surface area contributed by atoms with Crippen LogP contribution in [0, 0.1) is 11.3 Å². The predicted octanol–water partition coefficient (Wildman–Crippen LogP) is 2.54. The molecule has 0 radical (unpaired) electrons. The molecule has 0 atom stereocenters. The molecule has 1 saturated heterocycles. The molecule has 5 nitrogen and oxygen atoms in total. The number of benzene rings is 1. The average molecular weight is 323 g/mol. The summed E-state index contributed by atoms with van der Waals surface area (Å²) in [5, 5.41) is 14.1. The SMILES string of the molecule is CN(C)CCN1CCC(Nc2c(C#N)cnc3ccccc23)CC1. The zero-order valence-corrected chi connectivity index (χ0v) is 14.5. The third-order valence-electron chi connectivity index (χ3n) is 4.70. The molecule has 0 amide bonds. The number of nitriles is 1. The van der Waals surface area contributed by atoms with Gasteiger partial charge in [-0.1, -0.05) is 18.2 Å². The van der Waals surface area contributed by atoms with E-state index in [1.807, 2.05) is 24.3 Å². The van der Waals surface area contributed by atoms with Gasteiger partial charge in [0, 0.05) is 43.8 Å². The first-order chi connectivity index (χ1) is 11.7. The number of aromatic nitrogens is 1. The number of hydrogen-bond donors (Lipinski definition) is 1. The Balaban J connectivity index is 1.69. The number of hydrogen-bond acceptors (Lipinski definition) is 5. The number of fused-ring (bicyclic) bond motifs is 1. The Bertz CT molecular complexity index is 726. The van der Waals surface area contributed by atoms with Crippen LogP contribution in [0.25, 0.3) is 10.9 Å². The van der Waals surface area contributed by atoms with Crippen LogP contribution in [0.5, 0.6) is 0 Å². The predicted molar refractivity (Wildman–Crippen MR) is 98.1 cm³/mol. The Labute approximate surface area is 143 Å². The van der Waals surface area contributed by atoms with Gasteiger partial charge in [0.1, 0.15) is 6.07 Å². The lowest BCUT2D eigenvalue weighted by molar-refractivity contribution is 0.199. The third kappa shape index (κ3) is 3.84. The van der Waals surface area contributed by atoms with Crippen molar-refractivity contribution in [2.45, 2.75) is 18.9 Å². The van der Waals surface area contributed by atoms with E-state index in [9.17, 15) is 5.26 Å². The molecule has 1 aromatic heterocycles. The first-order valence-electron chi connectivity index (χ1n) is 8.59. The molecule has 0 bridgehead atoms. The van der Waals surface area contributed by atoms with Gasteiger partial charge >= 0.3 is 0 Å². The van der Waals surface area contributed by atoms with Crippen molar-refractivity contribution in [3.8, 4) is 6.07 Å². The van der Waals surface area contributed by atoms with Crippen molar-refractivity contribution in [1.82, 2.24) is 14.8 Å². The molecule has 1 aromatic carbocycles. The minimum Gasteiger partial charge on any atom is -0.381 e. The molecule has 2 heterocycles. The van der Waals surface area contributed by atoms with Crippen LogP contribution in [0.1, 0.15) is 18.4 Å². The summed E-state index contributed by atoms with van der Waals surface area (Å²) in [7, 11) is 4.23. The van der Waals surface area contributed by atoms with Gasteiger partial charge in [0.2, 0.25) is 0 Å². The molecule has 5 heteroatoms. The summed E-state index contributed by atoms with van der Waals surface area (Å²) in [5.41, 5.74) is 2.50. The quantitative estimate of drug-likeness (QED) is 0.916. The third-order valence-corrected chi connectivity index (χ3v) is 4.70. The van der Waals surface area contributed by atoms with Gasteiger partial charge in [-0.05, 0) is 33.0 Å². The monoisotopic (exact) mass is 323 g/mol. The molecular weight excluding hydrogens is 298 g/mol. The van der Waals surface area contributed by atoms with Crippen molar-refractivity contribution < 1.29 is 0 Å². The minimum absolute atomic E-state index is 0.415. The van der Waals surface area contributed by atoms with Crippen molar-refractivity contribution in [2.24, 2.45) is 0 Å². The number of likely N-dealkylation sites (tertiary alicyclic amines) is 1. The molecule has 2 aromatic rings. The zero-order valence-electron chi connectivity index (χ0n) is 14.5. The molecule has 24 heavy (non-hydrogen) atoms. The molecule has 0 aliphatic carbocycles. The van der Waals surface area contributed by atoms with Gasteiger partial charge in [0.15, 0.2) is 0 Å². The second-order valence-electron chi connectivity index (χ2n) is 6.74. The van der Waals surface area contributed by atoms with Crippen molar-refractivity contribution in [1.29, 1.82) is 5.26 Å². The number of para-hydroxylation sites is 1. The Kier molecular flexibility index (Phi) is 5.29. The largest absolute Gasteiger partial charge is 0.381 e. The van der Waals surface area contributed by atoms with E-state index in [2.05, 4.69) is 40.3 Å². The summed E-state index contributed by atoms with van der Waals surface area (Å²) < 4.78 is 0. The Morgan fingerprint density at radius 3 is 2.75 bits per heavy atom. The van der Waals surface area contributed by atoms with Crippen LogP contribution in [-0.4, -0.2) is 61.1 Å². The Hall–Kier alpha value is -2.16. The number of nitrogens with zero attached hydrogens (tertiary/aromatic N) is 4. The van der Waals surface area contributed by atoms with Gasteiger partial charge in [-0.3, -0.25) is 4.98 Å². The van der Waals surface area contributed by atoms with Gasteiger partial charge in [-0.15, -0.1) is 0 Å². The van der Waals surface area contributed by atoms with Crippen LogP contribution in [0.2, 0.25) is 0 Å². The maximum absolute atomic E-state index is 9.43. The van der Waals surface area contributed by atoms with Gasteiger partial charge in [-0.2, -0.15) is 5.26 Å². The molecule has 1 N–H and O–H groups in total. The average Bonchev–Trinajstić information content (AvgIpc) is 2.61. The van der Waals surface area contributed by atoms with Crippen molar-refractivity contribution >= 4 is 16.6 Å². The second-order valence-corrected chi connectivity index (χ2v) is 6.74. The van der Waals surface area contributed by atoms with E-state index in [0.717, 1.165) is 55.6 Å². The highest BCUT2D eigenvalue weighted by atomic mass is 15.2. The molecule has 0 unspecified atom stereocenters. The smallest absolute Gasteiger partial charge is 0.103 e. The van der Waals surface area contributed by atoms with E-state index >= 15 is 0 Å². The first kappa shape index (κ1) is 16.7. The summed E-state index contributed by atoms with van der Waals surface area (Å²) in [4.78, 5) is 9.13. The molecular formula is C19H25N5. The maximum Gasteiger partial charge on any atom is 0.103 e. The number of nitrogens with one attached hydrogen (secondary N) is 1. The fourth-order valence-electron chi connectivity index (χ4n) is 3.23. The second kappa shape index (κ2) is 7.61. The van der Waals surface area contributed by atoms with Gasteiger partial charge in [-0.25, -0.2) is 0 Å². The fraction of sp³-hybridized carbons (Fsp3) is 0.474. The fourth-order valence-corrected chi connectivity index (χ4v) is 3.23. The highest BCUT2D eigenvalue weighted by Gasteiger charge is 2.20. The summed E-state index contributed by atoms with van der Waals surface area (Å²) in [5.74, 6) is 0. The zero-order chi connectivity index (χ0) is 16.9. The van der Waals surface area contributed by atoms with E-state index in [1.54, 1.807) is 6.20 Å². The number of rotatable bonds is 5. The summed E-state index contributed by atoms with van der Waals surface area (Å²) in [6, 6.07) is 10.7. The molecule has 3 rings (SSSR count). The van der Waals surface area contributed by atoms with Crippen molar-refractivity contribution in [3.63, 3.8) is 0 Å². The normalized spacial score (nSPS) is 16.4. The van der Waals surface area contributed by atoms with E-state index < -0.39 is 0 Å². The van der Waals surface area contributed by atoms with E-state index in [-0.39, 0.29) is 0 Å². The minimum atomic E-state index is 0.415. The summed E-state index contributed by atoms with van der Waals surface area (Å²) >= 11 is 0. The number of anilines is 1. The van der Waals surface area contributed by atoms with Crippen LogP contribution in [-0.2, 0) is 0 Å². The first-order valence-corrected chi connectivity index (χ1v) is 8.59. The van der Waals surface area contributed by atoms with Crippen molar-refractivity contribution in [2.75, 3.05) is 45.6 Å². The van der Waals surface area contributed by atoms with E-state index in [1.165, 1.54) is 0 Å². The molecule has 0 spiro atoms. The van der Waals surface area contributed by atoms with Gasteiger partial charge in [0.25, 0.3) is 0 Å². The van der Waals surface area contributed by atoms with Crippen molar-refractivity contribution in [3.05, 3.63) is 36.0 Å². The molecule has 0 saturated carbocycles. The number of pyridine rings is 1. The lowest BCUT2D eigenvalue weighted by atomic mass is 10.0. The Morgan fingerprint density at radius 1 is 1.29 bits per heavy atom. The van der Waals surface area contributed by atoms with Crippen LogP contribution < -0.4 is 5.32 Å². The molecule has 1 aliphatic rings. The number of likely N-dealkylation sites (N-methyl/N-ethyl adjacent to an activating group) is 1. The summed E-state index contributed by atoms with van der Waals surface area (Å²) in [6.45, 7) is 4.44. The standard InChI is InChI=1S/C19H25N5/c1-23(2)11-12-24-9-7-16(8-10-24)22-19-15(13-20)14-21-18-6-4-3-5-17(18)19/h3-6,14,16H,7-12H2,1-2H3,(H,21,22). The van der Waals surface area contributed by atoms with Gasteiger partial charge < -0.3 is 15.1 Å². The highest BCUT2D eigenvalue weighted by molar-refractivity contribution is 5.93. The maximum atomic E-state index is 9.43. The molecule has 1 fully saturated rings. The number of piperidine rings is 1. The van der Waals surface area contributed by atoms with E-state index in [4.69, 9.17) is 0 Å². The highest BCUT2D eigenvalue weighted by Crippen LogP contribution is 2.27. The van der Waals surface area contributed by atoms with Crippen LogP contribution in [0.3, 0.4) is 0 Å². The van der Waals surface area contributed by atoms with E-state index in [0.29, 0.717) is 11.6 Å².